The smallest absolute Gasteiger partial charge is 0.0440 e. The highest BCUT2D eigenvalue weighted by Crippen LogP contribution is 2.48. The normalized spacial score (nSPS) is 15.1. The van der Waals surface area contributed by atoms with E-state index in [0.29, 0.717) is 0 Å². The Kier molecular flexibility index (Phi) is 2.70. The molecule has 0 spiro atoms. The number of anilines is 2. The lowest BCUT2D eigenvalue weighted by Crippen LogP contribution is -2.25. The molecule has 0 saturated heterocycles. The molecule has 0 radical (unpaired) electrons. The lowest BCUT2D eigenvalue weighted by molar-refractivity contribution is 0.639. The molecule has 2 heteroatoms. The van der Waals surface area contributed by atoms with Gasteiger partial charge in [0.15, 0.2) is 0 Å². The first-order valence-electron chi connectivity index (χ1n) is 8.38. The van der Waals surface area contributed by atoms with Crippen LogP contribution in [0.4, 0.5) is 11.4 Å². The monoisotopic (exact) mass is 329 g/mol. The molecule has 1 N–H and O–H groups in total. The van der Waals surface area contributed by atoms with Crippen LogP contribution in [-0.4, -0.2) is 0 Å². The van der Waals surface area contributed by atoms with Crippen LogP contribution in [0.3, 0.4) is 0 Å². The average molecular weight is 329 g/mol. The summed E-state index contributed by atoms with van der Waals surface area (Å²) in [7, 11) is 0. The predicted octanol–water partition coefficient (Wildman–Crippen LogP) is 6.75. The van der Waals surface area contributed by atoms with E-state index in [9.17, 15) is 0 Å². The Labute approximate surface area is 145 Å². The molecule has 0 bridgehead atoms. The van der Waals surface area contributed by atoms with Crippen LogP contribution >= 0.6 is 11.3 Å². The minimum atomic E-state index is 0.000840. The Morgan fingerprint density at radius 1 is 0.792 bits per heavy atom. The van der Waals surface area contributed by atoms with Gasteiger partial charge in [-0.05, 0) is 47.9 Å². The second kappa shape index (κ2) is 4.61. The summed E-state index contributed by atoms with van der Waals surface area (Å²) in [6, 6.07) is 20.2. The van der Waals surface area contributed by atoms with Crippen molar-refractivity contribution >= 4 is 42.9 Å². The van der Waals surface area contributed by atoms with Crippen molar-refractivity contribution in [3.05, 3.63) is 71.3 Å². The van der Waals surface area contributed by atoms with Crippen molar-refractivity contribution in [2.24, 2.45) is 0 Å². The fourth-order valence-corrected chi connectivity index (χ4v) is 5.12. The van der Waals surface area contributed by atoms with E-state index in [1.807, 2.05) is 11.3 Å². The summed E-state index contributed by atoms with van der Waals surface area (Å²) in [5.74, 6) is 0. The van der Waals surface area contributed by atoms with Crippen molar-refractivity contribution < 1.29 is 0 Å². The maximum Gasteiger partial charge on any atom is 0.0440 e. The third-order valence-corrected chi connectivity index (χ3v) is 6.44. The number of nitrogens with one attached hydrogen (secondary N) is 1. The van der Waals surface area contributed by atoms with E-state index < -0.39 is 0 Å². The van der Waals surface area contributed by atoms with Gasteiger partial charge in [0.25, 0.3) is 0 Å². The fourth-order valence-electron chi connectivity index (χ4n) is 3.99. The highest BCUT2D eigenvalue weighted by molar-refractivity contribution is 7.25. The molecule has 5 rings (SSSR count). The number of fused-ring (bicyclic) bond motifs is 5. The van der Waals surface area contributed by atoms with Crippen LogP contribution in [0.2, 0.25) is 0 Å². The molecule has 0 fully saturated rings. The van der Waals surface area contributed by atoms with E-state index in [1.54, 1.807) is 0 Å². The Morgan fingerprint density at radius 2 is 1.58 bits per heavy atom. The van der Waals surface area contributed by atoms with Gasteiger partial charge in [0.1, 0.15) is 0 Å². The van der Waals surface area contributed by atoms with Crippen LogP contribution in [0.15, 0.2) is 54.6 Å². The second-order valence-electron chi connectivity index (χ2n) is 7.29. The van der Waals surface area contributed by atoms with Crippen molar-refractivity contribution in [3.8, 4) is 0 Å². The van der Waals surface area contributed by atoms with Crippen molar-refractivity contribution in [1.82, 2.24) is 0 Å². The Hall–Kier alpha value is -2.32. The first kappa shape index (κ1) is 14.1. The van der Waals surface area contributed by atoms with E-state index in [4.69, 9.17) is 0 Å². The fraction of sp³-hybridized carbons (Fsp3) is 0.182. The molecule has 0 saturated carbocycles. The summed E-state index contributed by atoms with van der Waals surface area (Å²) in [5.41, 5.74) is 6.55. The van der Waals surface area contributed by atoms with E-state index in [2.05, 4.69) is 80.7 Å². The van der Waals surface area contributed by atoms with Gasteiger partial charge in [0.05, 0.1) is 0 Å². The number of rotatable bonds is 0. The van der Waals surface area contributed by atoms with Crippen molar-refractivity contribution in [2.75, 3.05) is 5.32 Å². The number of hydrogen-bond donors (Lipinski definition) is 1. The van der Waals surface area contributed by atoms with Crippen molar-refractivity contribution in [1.29, 1.82) is 0 Å². The molecule has 1 aliphatic rings. The maximum absolute atomic E-state index is 3.68. The third kappa shape index (κ3) is 1.81. The zero-order chi connectivity index (χ0) is 16.5. The minimum absolute atomic E-state index is 0.000840. The molecule has 0 amide bonds. The average Bonchev–Trinajstić information content (AvgIpc) is 2.90. The Morgan fingerprint density at radius 3 is 2.46 bits per heavy atom. The van der Waals surface area contributed by atoms with Gasteiger partial charge >= 0.3 is 0 Å². The van der Waals surface area contributed by atoms with Crippen LogP contribution in [0, 0.1) is 6.92 Å². The third-order valence-electron chi connectivity index (χ3n) is 5.31. The van der Waals surface area contributed by atoms with Crippen LogP contribution in [0.5, 0.6) is 0 Å². The van der Waals surface area contributed by atoms with Gasteiger partial charge in [0, 0.05) is 37.0 Å². The lowest BCUT2D eigenvalue weighted by atomic mass is 9.74. The molecule has 1 nitrogen and oxygen atoms in total. The zero-order valence-electron chi connectivity index (χ0n) is 14.1. The quantitative estimate of drug-likeness (QED) is 0.376. The van der Waals surface area contributed by atoms with Crippen LogP contribution in [0.1, 0.15) is 30.5 Å². The van der Waals surface area contributed by atoms with Gasteiger partial charge in [-0.2, -0.15) is 0 Å². The molecule has 0 atom stereocenters. The predicted molar refractivity (Wildman–Crippen MR) is 106 cm³/mol. The van der Waals surface area contributed by atoms with Crippen LogP contribution < -0.4 is 5.32 Å². The molecular weight excluding hydrogens is 310 g/mol. The number of benzene rings is 3. The highest BCUT2D eigenvalue weighted by atomic mass is 32.1. The first-order valence-corrected chi connectivity index (χ1v) is 9.19. The van der Waals surface area contributed by atoms with E-state index in [-0.39, 0.29) is 5.41 Å². The maximum atomic E-state index is 3.68. The molecule has 0 aliphatic carbocycles. The number of hydrogen-bond acceptors (Lipinski definition) is 2. The largest absolute Gasteiger partial charge is 0.355 e. The van der Waals surface area contributed by atoms with Gasteiger partial charge in [-0.3, -0.25) is 0 Å². The molecule has 2 heterocycles. The summed E-state index contributed by atoms with van der Waals surface area (Å²) in [5, 5.41) is 6.42. The zero-order valence-corrected chi connectivity index (χ0v) is 14.9. The van der Waals surface area contributed by atoms with Crippen molar-refractivity contribution in [3.63, 3.8) is 0 Å². The first-order chi connectivity index (χ1) is 11.5. The number of thiophene rings is 1. The molecule has 3 aromatic carbocycles. The molecular formula is C22H19NS. The van der Waals surface area contributed by atoms with Crippen LogP contribution in [0.25, 0.3) is 20.2 Å². The van der Waals surface area contributed by atoms with Crippen molar-refractivity contribution in [2.45, 2.75) is 26.2 Å². The van der Waals surface area contributed by atoms with Gasteiger partial charge in [0.2, 0.25) is 0 Å². The highest BCUT2D eigenvalue weighted by Gasteiger charge is 2.33. The molecule has 24 heavy (non-hydrogen) atoms. The van der Waals surface area contributed by atoms with E-state index in [1.165, 1.54) is 48.2 Å². The van der Waals surface area contributed by atoms with E-state index in [0.717, 1.165) is 0 Å². The topological polar surface area (TPSA) is 12.0 Å². The summed E-state index contributed by atoms with van der Waals surface area (Å²) in [6.07, 6.45) is 0. The van der Waals surface area contributed by atoms with Gasteiger partial charge < -0.3 is 5.32 Å². The molecule has 1 aromatic heterocycles. The summed E-state index contributed by atoms with van der Waals surface area (Å²) < 4.78 is 2.72. The summed E-state index contributed by atoms with van der Waals surface area (Å²) in [4.78, 5) is 0. The molecule has 0 unspecified atom stereocenters. The van der Waals surface area contributed by atoms with Crippen LogP contribution in [-0.2, 0) is 5.41 Å². The minimum Gasteiger partial charge on any atom is -0.355 e. The molecule has 118 valence electrons. The number of aryl methyl sites for hydroxylation is 1. The SMILES string of the molecule is Cc1ccc2c(c1)Nc1cc3sc4ccccc4c3cc1C2(C)C. The van der Waals surface area contributed by atoms with Gasteiger partial charge in [-0.25, -0.2) is 0 Å². The molecule has 4 aromatic rings. The second-order valence-corrected chi connectivity index (χ2v) is 8.37. The standard InChI is InChI=1S/C22H19NS/c1-13-8-9-16-18(10-13)23-19-12-21-15(11-17(19)22(16,2)3)14-6-4-5-7-20(14)24-21/h4-12,23H,1-3H3. The van der Waals surface area contributed by atoms with Gasteiger partial charge in [-0.1, -0.05) is 44.2 Å². The molecule has 1 aliphatic heterocycles. The van der Waals surface area contributed by atoms with Gasteiger partial charge in [-0.15, -0.1) is 11.3 Å². The lowest BCUT2D eigenvalue weighted by Gasteiger charge is -2.36. The Bertz CT molecular complexity index is 1120. The Balaban J connectivity index is 1.84. The van der Waals surface area contributed by atoms with E-state index >= 15 is 0 Å². The summed E-state index contributed by atoms with van der Waals surface area (Å²) in [6.45, 7) is 6.82. The summed E-state index contributed by atoms with van der Waals surface area (Å²) >= 11 is 1.88.